The molecule has 4 heteroatoms. The van der Waals surface area contributed by atoms with Crippen LogP contribution in [0.4, 0.5) is 10.1 Å². The summed E-state index contributed by atoms with van der Waals surface area (Å²) in [5, 5.41) is 3.03. The summed E-state index contributed by atoms with van der Waals surface area (Å²) in [5.41, 5.74) is 1.93. The Kier molecular flexibility index (Phi) is 3.74. The quantitative estimate of drug-likeness (QED) is 0.839. The maximum Gasteiger partial charge on any atom is 0.125 e. The summed E-state index contributed by atoms with van der Waals surface area (Å²) in [6.45, 7) is 3.80. The highest BCUT2D eigenvalue weighted by Gasteiger charge is 2.12. The SMILES string of the molecule is CNCc1cc(F)cc(N2CCOCC2)c1. The molecule has 0 aromatic heterocycles. The molecule has 0 bridgehead atoms. The summed E-state index contributed by atoms with van der Waals surface area (Å²) in [6, 6.07) is 5.19. The van der Waals surface area contributed by atoms with Crippen LogP contribution in [0.15, 0.2) is 18.2 Å². The van der Waals surface area contributed by atoms with Crippen LogP contribution in [0.5, 0.6) is 0 Å². The van der Waals surface area contributed by atoms with Crippen molar-refractivity contribution in [2.24, 2.45) is 0 Å². The highest BCUT2D eigenvalue weighted by atomic mass is 19.1. The van der Waals surface area contributed by atoms with Gasteiger partial charge in [0.25, 0.3) is 0 Å². The molecule has 0 aliphatic carbocycles. The van der Waals surface area contributed by atoms with Gasteiger partial charge in [0, 0.05) is 25.3 Å². The Balaban J connectivity index is 2.18. The molecule has 0 atom stereocenters. The summed E-state index contributed by atoms with van der Waals surface area (Å²) >= 11 is 0. The average molecular weight is 224 g/mol. The van der Waals surface area contributed by atoms with Gasteiger partial charge in [-0.25, -0.2) is 4.39 Å². The molecule has 1 aromatic rings. The summed E-state index contributed by atoms with van der Waals surface area (Å²) in [4.78, 5) is 2.16. The molecule has 1 N–H and O–H groups in total. The lowest BCUT2D eigenvalue weighted by Gasteiger charge is -2.29. The molecule has 1 aliphatic heterocycles. The number of anilines is 1. The highest BCUT2D eigenvalue weighted by Crippen LogP contribution is 2.19. The zero-order valence-corrected chi connectivity index (χ0v) is 9.50. The van der Waals surface area contributed by atoms with Crippen molar-refractivity contribution < 1.29 is 9.13 Å². The molecule has 16 heavy (non-hydrogen) atoms. The van der Waals surface area contributed by atoms with E-state index in [4.69, 9.17) is 4.74 Å². The minimum absolute atomic E-state index is 0.172. The number of nitrogens with zero attached hydrogens (tertiary/aromatic N) is 1. The van der Waals surface area contributed by atoms with Gasteiger partial charge in [-0.15, -0.1) is 0 Å². The van der Waals surface area contributed by atoms with Gasteiger partial charge in [0.2, 0.25) is 0 Å². The number of benzene rings is 1. The van der Waals surface area contributed by atoms with Crippen molar-refractivity contribution in [3.63, 3.8) is 0 Å². The van der Waals surface area contributed by atoms with Crippen molar-refractivity contribution in [2.75, 3.05) is 38.3 Å². The Labute approximate surface area is 95.2 Å². The highest BCUT2D eigenvalue weighted by molar-refractivity contribution is 5.49. The molecular weight excluding hydrogens is 207 g/mol. The molecule has 0 unspecified atom stereocenters. The fourth-order valence-corrected chi connectivity index (χ4v) is 1.94. The third-order valence-corrected chi connectivity index (χ3v) is 2.70. The van der Waals surface area contributed by atoms with E-state index < -0.39 is 0 Å². The van der Waals surface area contributed by atoms with E-state index >= 15 is 0 Å². The third kappa shape index (κ3) is 2.71. The van der Waals surface area contributed by atoms with E-state index in [0.717, 1.165) is 37.6 Å². The van der Waals surface area contributed by atoms with Gasteiger partial charge in [-0.2, -0.15) is 0 Å². The summed E-state index contributed by atoms with van der Waals surface area (Å²) in [7, 11) is 1.86. The fourth-order valence-electron chi connectivity index (χ4n) is 1.94. The minimum Gasteiger partial charge on any atom is -0.378 e. The Bertz CT molecular complexity index is 351. The molecular formula is C12H17FN2O. The Morgan fingerprint density at radius 1 is 1.31 bits per heavy atom. The zero-order valence-electron chi connectivity index (χ0n) is 9.50. The molecule has 3 nitrogen and oxygen atoms in total. The van der Waals surface area contributed by atoms with E-state index in [1.165, 1.54) is 0 Å². The first kappa shape index (κ1) is 11.4. The predicted octanol–water partition coefficient (Wildman–Crippen LogP) is 1.38. The van der Waals surface area contributed by atoms with Gasteiger partial charge < -0.3 is 15.0 Å². The minimum atomic E-state index is -0.172. The largest absolute Gasteiger partial charge is 0.378 e. The molecule has 1 heterocycles. The van der Waals surface area contributed by atoms with E-state index in [2.05, 4.69) is 10.2 Å². The predicted molar refractivity (Wildman–Crippen MR) is 62.2 cm³/mol. The molecule has 1 aromatic carbocycles. The number of halogens is 1. The van der Waals surface area contributed by atoms with Gasteiger partial charge >= 0.3 is 0 Å². The standard InChI is InChI=1S/C12H17FN2O/c1-14-9-10-6-11(13)8-12(7-10)15-2-4-16-5-3-15/h6-8,14H,2-5,9H2,1H3. The van der Waals surface area contributed by atoms with Crippen LogP contribution in [0, 0.1) is 5.82 Å². The molecule has 1 saturated heterocycles. The first-order valence-corrected chi connectivity index (χ1v) is 5.56. The molecule has 0 radical (unpaired) electrons. The number of hydrogen-bond donors (Lipinski definition) is 1. The van der Waals surface area contributed by atoms with Crippen LogP contribution in [0.25, 0.3) is 0 Å². The fraction of sp³-hybridized carbons (Fsp3) is 0.500. The first-order valence-electron chi connectivity index (χ1n) is 5.56. The van der Waals surface area contributed by atoms with Crippen LogP contribution >= 0.6 is 0 Å². The average Bonchev–Trinajstić information content (AvgIpc) is 2.30. The zero-order chi connectivity index (χ0) is 11.4. The molecule has 0 spiro atoms. The number of morpholine rings is 1. The Morgan fingerprint density at radius 2 is 2.06 bits per heavy atom. The van der Waals surface area contributed by atoms with Crippen LogP contribution < -0.4 is 10.2 Å². The second-order valence-corrected chi connectivity index (χ2v) is 3.95. The van der Waals surface area contributed by atoms with Crippen LogP contribution in [0.1, 0.15) is 5.56 Å². The monoisotopic (exact) mass is 224 g/mol. The van der Waals surface area contributed by atoms with E-state index in [1.54, 1.807) is 12.1 Å². The van der Waals surface area contributed by atoms with E-state index in [-0.39, 0.29) is 5.82 Å². The molecule has 88 valence electrons. The second-order valence-electron chi connectivity index (χ2n) is 3.95. The molecule has 0 amide bonds. The van der Waals surface area contributed by atoms with Gasteiger partial charge in [-0.3, -0.25) is 0 Å². The molecule has 1 fully saturated rings. The maximum absolute atomic E-state index is 13.4. The second kappa shape index (κ2) is 5.27. The van der Waals surface area contributed by atoms with Crippen molar-refractivity contribution in [1.29, 1.82) is 0 Å². The van der Waals surface area contributed by atoms with Gasteiger partial charge in [0.05, 0.1) is 13.2 Å². The van der Waals surface area contributed by atoms with Crippen molar-refractivity contribution in [2.45, 2.75) is 6.54 Å². The first-order chi connectivity index (χ1) is 7.79. The van der Waals surface area contributed by atoms with Gasteiger partial charge in [0.1, 0.15) is 5.82 Å². The molecule has 2 rings (SSSR count). The maximum atomic E-state index is 13.4. The van der Waals surface area contributed by atoms with Crippen LogP contribution in [-0.2, 0) is 11.3 Å². The number of rotatable bonds is 3. The van der Waals surface area contributed by atoms with Crippen molar-refractivity contribution in [3.8, 4) is 0 Å². The molecule has 0 saturated carbocycles. The summed E-state index contributed by atoms with van der Waals surface area (Å²) in [6.07, 6.45) is 0. The van der Waals surface area contributed by atoms with E-state index in [1.807, 2.05) is 13.1 Å². The van der Waals surface area contributed by atoms with E-state index in [0.29, 0.717) is 6.54 Å². The topological polar surface area (TPSA) is 24.5 Å². The van der Waals surface area contributed by atoms with Gasteiger partial charge in [0.15, 0.2) is 0 Å². The van der Waals surface area contributed by atoms with Crippen molar-refractivity contribution in [3.05, 3.63) is 29.6 Å². The number of nitrogens with one attached hydrogen (secondary N) is 1. The normalized spacial score (nSPS) is 16.5. The van der Waals surface area contributed by atoms with Crippen LogP contribution in [-0.4, -0.2) is 33.4 Å². The Hall–Kier alpha value is -1.13. The van der Waals surface area contributed by atoms with Gasteiger partial charge in [-0.05, 0) is 30.8 Å². The number of hydrogen-bond acceptors (Lipinski definition) is 3. The van der Waals surface area contributed by atoms with Crippen molar-refractivity contribution >= 4 is 5.69 Å². The lowest BCUT2D eigenvalue weighted by atomic mass is 10.1. The lowest BCUT2D eigenvalue weighted by molar-refractivity contribution is 0.122. The Morgan fingerprint density at radius 3 is 2.75 bits per heavy atom. The number of ether oxygens (including phenoxy) is 1. The summed E-state index contributed by atoms with van der Waals surface area (Å²) < 4.78 is 18.7. The van der Waals surface area contributed by atoms with Crippen LogP contribution in [0.2, 0.25) is 0 Å². The van der Waals surface area contributed by atoms with Gasteiger partial charge in [-0.1, -0.05) is 0 Å². The smallest absolute Gasteiger partial charge is 0.125 e. The molecule has 1 aliphatic rings. The van der Waals surface area contributed by atoms with E-state index in [9.17, 15) is 4.39 Å². The van der Waals surface area contributed by atoms with Crippen molar-refractivity contribution in [1.82, 2.24) is 5.32 Å². The summed E-state index contributed by atoms with van der Waals surface area (Å²) in [5.74, 6) is -0.172. The lowest BCUT2D eigenvalue weighted by Crippen LogP contribution is -2.36. The third-order valence-electron chi connectivity index (χ3n) is 2.70. The van der Waals surface area contributed by atoms with Crippen LogP contribution in [0.3, 0.4) is 0 Å².